The minimum atomic E-state index is 0.0645. The average Bonchev–Trinajstić information content (AvgIpc) is 2.95. The highest BCUT2D eigenvalue weighted by Crippen LogP contribution is 2.13. The van der Waals surface area contributed by atoms with Gasteiger partial charge in [-0.15, -0.1) is 0 Å². The second-order valence-electron chi connectivity index (χ2n) is 6.74. The predicted molar refractivity (Wildman–Crippen MR) is 98.6 cm³/mol. The number of hydrogen-bond acceptors (Lipinski definition) is 4. The lowest BCUT2D eigenvalue weighted by molar-refractivity contribution is 0.135. The van der Waals surface area contributed by atoms with Gasteiger partial charge in [-0.25, -0.2) is 14.8 Å². The highest BCUT2D eigenvalue weighted by Gasteiger charge is 2.21. The number of urea groups is 1. The minimum absolute atomic E-state index is 0.0645. The normalized spacial score (nSPS) is 17.0. The van der Waals surface area contributed by atoms with E-state index in [-0.39, 0.29) is 12.1 Å². The standard InChI is InChI=1S/C18H28N6O/c1-4-14(2)20-18(25)23-11-8-22(9-12-23)10-13-24-15(3)21-16-6-5-7-19-17(16)24/h5-7,14H,4,8-13H2,1-3H3,(H,20,25)/t14-/m1/s1. The van der Waals surface area contributed by atoms with Gasteiger partial charge >= 0.3 is 6.03 Å². The van der Waals surface area contributed by atoms with Crippen molar-refractivity contribution in [3.8, 4) is 0 Å². The van der Waals surface area contributed by atoms with Crippen molar-refractivity contribution in [2.45, 2.75) is 39.8 Å². The summed E-state index contributed by atoms with van der Waals surface area (Å²) < 4.78 is 2.18. The van der Waals surface area contributed by atoms with Crippen LogP contribution in [0, 0.1) is 6.92 Å². The van der Waals surface area contributed by atoms with E-state index in [2.05, 4.69) is 31.7 Å². The molecule has 25 heavy (non-hydrogen) atoms. The lowest BCUT2D eigenvalue weighted by Crippen LogP contribution is -2.53. The van der Waals surface area contributed by atoms with Crippen molar-refractivity contribution in [2.24, 2.45) is 0 Å². The van der Waals surface area contributed by atoms with Gasteiger partial charge in [0.1, 0.15) is 11.3 Å². The molecule has 0 aromatic carbocycles. The molecular formula is C18H28N6O. The summed E-state index contributed by atoms with van der Waals surface area (Å²) in [5.74, 6) is 1.00. The van der Waals surface area contributed by atoms with Crippen molar-refractivity contribution in [2.75, 3.05) is 32.7 Å². The zero-order valence-electron chi connectivity index (χ0n) is 15.4. The van der Waals surface area contributed by atoms with E-state index in [1.807, 2.05) is 37.1 Å². The molecule has 1 aliphatic heterocycles. The van der Waals surface area contributed by atoms with Crippen molar-refractivity contribution >= 4 is 17.2 Å². The van der Waals surface area contributed by atoms with Gasteiger partial charge in [0.2, 0.25) is 0 Å². The van der Waals surface area contributed by atoms with Gasteiger partial charge in [0.05, 0.1) is 0 Å². The van der Waals surface area contributed by atoms with Crippen LogP contribution in [0.3, 0.4) is 0 Å². The molecule has 1 fully saturated rings. The smallest absolute Gasteiger partial charge is 0.317 e. The maximum absolute atomic E-state index is 12.2. The summed E-state index contributed by atoms with van der Waals surface area (Å²) in [6, 6.07) is 4.22. The Bertz CT molecular complexity index is 719. The molecule has 1 aliphatic rings. The second-order valence-corrected chi connectivity index (χ2v) is 6.74. The molecule has 7 nitrogen and oxygen atoms in total. The molecule has 0 radical (unpaired) electrons. The molecule has 1 saturated heterocycles. The van der Waals surface area contributed by atoms with Gasteiger partial charge in [0.15, 0.2) is 5.65 Å². The van der Waals surface area contributed by atoms with Crippen LogP contribution in [-0.4, -0.2) is 69.1 Å². The summed E-state index contributed by atoms with van der Waals surface area (Å²) in [6.07, 6.45) is 2.77. The van der Waals surface area contributed by atoms with Gasteiger partial charge in [0, 0.05) is 51.5 Å². The first-order valence-corrected chi connectivity index (χ1v) is 9.14. The van der Waals surface area contributed by atoms with E-state index in [0.29, 0.717) is 0 Å². The molecule has 0 unspecified atom stereocenters. The molecular weight excluding hydrogens is 316 g/mol. The molecule has 3 rings (SSSR count). The Morgan fingerprint density at radius 1 is 1.28 bits per heavy atom. The summed E-state index contributed by atoms with van der Waals surface area (Å²) in [6.45, 7) is 11.4. The molecule has 0 bridgehead atoms. The molecule has 0 spiro atoms. The fraction of sp³-hybridized carbons (Fsp3) is 0.611. The van der Waals surface area contributed by atoms with Crippen LogP contribution in [-0.2, 0) is 6.54 Å². The Balaban J connectivity index is 1.51. The van der Waals surface area contributed by atoms with E-state index in [1.165, 1.54) is 0 Å². The molecule has 136 valence electrons. The van der Waals surface area contributed by atoms with E-state index in [1.54, 1.807) is 0 Å². The topological polar surface area (TPSA) is 66.3 Å². The van der Waals surface area contributed by atoms with Crippen LogP contribution in [0.1, 0.15) is 26.1 Å². The van der Waals surface area contributed by atoms with Crippen molar-refractivity contribution in [3.05, 3.63) is 24.2 Å². The summed E-state index contributed by atoms with van der Waals surface area (Å²) in [5.41, 5.74) is 1.90. The molecule has 1 atom stereocenters. The molecule has 2 aromatic heterocycles. The Morgan fingerprint density at radius 3 is 2.76 bits per heavy atom. The van der Waals surface area contributed by atoms with Crippen molar-refractivity contribution in [1.82, 2.24) is 29.7 Å². The number of rotatable bonds is 5. The van der Waals surface area contributed by atoms with E-state index < -0.39 is 0 Å². The Morgan fingerprint density at radius 2 is 2.04 bits per heavy atom. The van der Waals surface area contributed by atoms with Gasteiger partial charge in [-0.3, -0.25) is 4.90 Å². The minimum Gasteiger partial charge on any atom is -0.336 e. The summed E-state index contributed by atoms with van der Waals surface area (Å²) in [4.78, 5) is 25.5. The third-order valence-electron chi connectivity index (χ3n) is 4.98. The van der Waals surface area contributed by atoms with Crippen LogP contribution in [0.2, 0.25) is 0 Å². The molecule has 0 saturated carbocycles. The number of nitrogens with one attached hydrogen (secondary N) is 1. The maximum Gasteiger partial charge on any atom is 0.317 e. The summed E-state index contributed by atoms with van der Waals surface area (Å²) in [7, 11) is 0. The van der Waals surface area contributed by atoms with E-state index >= 15 is 0 Å². The Labute approximate surface area is 149 Å². The first-order chi connectivity index (χ1) is 12.1. The highest BCUT2D eigenvalue weighted by molar-refractivity contribution is 5.74. The van der Waals surface area contributed by atoms with Crippen molar-refractivity contribution < 1.29 is 4.79 Å². The first-order valence-electron chi connectivity index (χ1n) is 9.14. The average molecular weight is 344 g/mol. The SMILES string of the molecule is CC[C@@H](C)NC(=O)N1CCN(CCn2c(C)nc3cccnc32)CC1. The van der Waals surface area contributed by atoms with Gasteiger partial charge in [-0.1, -0.05) is 6.92 Å². The van der Waals surface area contributed by atoms with Crippen LogP contribution in [0.4, 0.5) is 4.79 Å². The van der Waals surface area contributed by atoms with Crippen molar-refractivity contribution in [3.63, 3.8) is 0 Å². The van der Waals surface area contributed by atoms with E-state index in [4.69, 9.17) is 0 Å². The number of imidazole rings is 1. The highest BCUT2D eigenvalue weighted by atomic mass is 16.2. The number of fused-ring (bicyclic) bond motifs is 1. The molecule has 2 amide bonds. The van der Waals surface area contributed by atoms with Crippen LogP contribution in [0.5, 0.6) is 0 Å². The third kappa shape index (κ3) is 4.10. The molecule has 3 heterocycles. The summed E-state index contributed by atoms with van der Waals surface area (Å²) >= 11 is 0. The Hall–Kier alpha value is -2.15. The molecule has 1 N–H and O–H groups in total. The lowest BCUT2D eigenvalue weighted by Gasteiger charge is -2.35. The Kier molecular flexibility index (Phi) is 5.53. The molecule has 7 heteroatoms. The van der Waals surface area contributed by atoms with E-state index in [9.17, 15) is 4.79 Å². The number of carbonyl (C=O) groups is 1. The number of aromatic nitrogens is 3. The fourth-order valence-electron chi connectivity index (χ4n) is 3.16. The molecule has 0 aliphatic carbocycles. The van der Waals surface area contributed by atoms with Crippen LogP contribution in [0.25, 0.3) is 11.2 Å². The maximum atomic E-state index is 12.2. The summed E-state index contributed by atoms with van der Waals surface area (Å²) in [5, 5.41) is 3.04. The van der Waals surface area contributed by atoms with Crippen LogP contribution in [0.15, 0.2) is 18.3 Å². The lowest BCUT2D eigenvalue weighted by atomic mass is 10.2. The molecule has 2 aromatic rings. The van der Waals surface area contributed by atoms with Crippen LogP contribution >= 0.6 is 0 Å². The van der Waals surface area contributed by atoms with Gasteiger partial charge in [0.25, 0.3) is 0 Å². The first kappa shape index (κ1) is 17.7. The van der Waals surface area contributed by atoms with Gasteiger partial charge < -0.3 is 14.8 Å². The van der Waals surface area contributed by atoms with Crippen molar-refractivity contribution in [1.29, 1.82) is 0 Å². The number of aryl methyl sites for hydroxylation is 1. The number of carbonyl (C=O) groups excluding carboxylic acids is 1. The number of piperazine rings is 1. The number of hydrogen-bond donors (Lipinski definition) is 1. The zero-order chi connectivity index (χ0) is 17.8. The van der Waals surface area contributed by atoms with E-state index in [0.717, 1.165) is 62.7 Å². The number of nitrogens with zero attached hydrogens (tertiary/aromatic N) is 5. The fourth-order valence-corrected chi connectivity index (χ4v) is 3.16. The van der Waals surface area contributed by atoms with Gasteiger partial charge in [-0.2, -0.15) is 0 Å². The second kappa shape index (κ2) is 7.82. The predicted octanol–water partition coefficient (Wildman–Crippen LogP) is 1.87. The zero-order valence-corrected chi connectivity index (χ0v) is 15.4. The quantitative estimate of drug-likeness (QED) is 0.899. The van der Waals surface area contributed by atoms with Gasteiger partial charge in [-0.05, 0) is 32.4 Å². The monoisotopic (exact) mass is 344 g/mol. The third-order valence-corrected chi connectivity index (χ3v) is 4.98. The number of pyridine rings is 1. The largest absolute Gasteiger partial charge is 0.336 e. The van der Waals surface area contributed by atoms with Crippen LogP contribution < -0.4 is 5.32 Å². The number of amides is 2.